The maximum absolute atomic E-state index is 12.6. The summed E-state index contributed by atoms with van der Waals surface area (Å²) in [6, 6.07) is 7.19. The van der Waals surface area contributed by atoms with E-state index >= 15 is 0 Å². The lowest BCUT2D eigenvalue weighted by atomic mass is 10.0. The van der Waals surface area contributed by atoms with Crippen molar-refractivity contribution in [2.75, 3.05) is 18.8 Å². The number of hydrogen-bond donors (Lipinski definition) is 2. The third-order valence-electron chi connectivity index (χ3n) is 4.24. The summed E-state index contributed by atoms with van der Waals surface area (Å²) in [5.74, 6) is 0.0553. The summed E-state index contributed by atoms with van der Waals surface area (Å²) < 4.78 is 25.4. The molecule has 1 fully saturated rings. The van der Waals surface area contributed by atoms with Gasteiger partial charge in [-0.2, -0.15) is 0 Å². The molecule has 1 atom stereocenters. The van der Waals surface area contributed by atoms with Crippen LogP contribution in [-0.2, 0) is 16.6 Å². The summed E-state index contributed by atoms with van der Waals surface area (Å²) in [6.45, 7) is 3.07. The highest BCUT2D eigenvalue weighted by molar-refractivity contribution is 7.89. The number of amides is 1. The summed E-state index contributed by atoms with van der Waals surface area (Å²) in [7, 11) is -3.21. The minimum atomic E-state index is -3.21. The number of nitrogens with two attached hydrogens (primary N) is 1. The minimum absolute atomic E-state index is 0.000777. The van der Waals surface area contributed by atoms with Gasteiger partial charge >= 0.3 is 0 Å². The van der Waals surface area contributed by atoms with Crippen LogP contribution < -0.4 is 10.5 Å². The number of rotatable bonds is 6. The molecular weight excluding hydrogens is 314 g/mol. The molecule has 2 rings (SSSR count). The van der Waals surface area contributed by atoms with Gasteiger partial charge in [0.2, 0.25) is 10.0 Å². The van der Waals surface area contributed by atoms with Gasteiger partial charge in [-0.15, -0.1) is 0 Å². The van der Waals surface area contributed by atoms with Gasteiger partial charge in [-0.25, -0.2) is 13.1 Å². The molecule has 1 heterocycles. The van der Waals surface area contributed by atoms with Crippen molar-refractivity contribution in [1.82, 2.24) is 9.62 Å². The number of carbonyl (C=O) groups excluding carboxylic acids is 1. The number of hydrogen-bond acceptors (Lipinski definition) is 4. The van der Waals surface area contributed by atoms with Crippen LogP contribution in [0.4, 0.5) is 0 Å². The van der Waals surface area contributed by atoms with Crippen LogP contribution in [0.15, 0.2) is 24.3 Å². The van der Waals surface area contributed by atoms with Crippen LogP contribution in [-0.4, -0.2) is 44.1 Å². The second-order valence-corrected chi connectivity index (χ2v) is 7.90. The molecule has 1 aliphatic rings. The Morgan fingerprint density at radius 1 is 1.30 bits per heavy atom. The molecular formula is C16H25N3O3S. The number of nitrogens with zero attached hydrogens (tertiary/aromatic N) is 1. The van der Waals surface area contributed by atoms with Crippen LogP contribution in [0.5, 0.6) is 0 Å². The molecule has 0 aliphatic carbocycles. The van der Waals surface area contributed by atoms with Gasteiger partial charge in [0.05, 0.1) is 5.75 Å². The van der Waals surface area contributed by atoms with Crippen molar-refractivity contribution >= 4 is 15.9 Å². The van der Waals surface area contributed by atoms with E-state index in [2.05, 4.69) is 4.72 Å². The molecule has 1 amide bonds. The zero-order chi connectivity index (χ0) is 16.9. The van der Waals surface area contributed by atoms with E-state index in [1.165, 1.54) is 0 Å². The number of carbonyl (C=O) groups is 1. The molecule has 23 heavy (non-hydrogen) atoms. The van der Waals surface area contributed by atoms with Crippen LogP contribution in [0.3, 0.4) is 0 Å². The van der Waals surface area contributed by atoms with Gasteiger partial charge in [0.1, 0.15) is 0 Å². The summed E-state index contributed by atoms with van der Waals surface area (Å²) >= 11 is 0. The van der Waals surface area contributed by atoms with E-state index in [0.717, 1.165) is 31.4 Å². The topological polar surface area (TPSA) is 92.5 Å². The first-order valence-corrected chi connectivity index (χ1v) is 9.69. The first-order chi connectivity index (χ1) is 11.0. The molecule has 1 unspecified atom stereocenters. The number of sulfonamides is 1. The Hall–Kier alpha value is -1.44. The van der Waals surface area contributed by atoms with Crippen LogP contribution >= 0.6 is 0 Å². The molecule has 0 spiro atoms. The van der Waals surface area contributed by atoms with Crippen LogP contribution in [0, 0.1) is 0 Å². The van der Waals surface area contributed by atoms with Crippen LogP contribution in [0.25, 0.3) is 0 Å². The fourth-order valence-electron chi connectivity index (χ4n) is 2.74. The van der Waals surface area contributed by atoms with E-state index in [4.69, 9.17) is 5.73 Å². The number of benzene rings is 1. The minimum Gasteiger partial charge on any atom is -0.334 e. The Kier molecular flexibility index (Phi) is 6.15. The van der Waals surface area contributed by atoms with E-state index in [9.17, 15) is 13.2 Å². The third kappa shape index (κ3) is 4.76. The Morgan fingerprint density at radius 2 is 2.00 bits per heavy atom. The predicted octanol–water partition coefficient (Wildman–Crippen LogP) is 1.08. The van der Waals surface area contributed by atoms with E-state index in [1.807, 2.05) is 4.90 Å². The number of piperidine rings is 1. The van der Waals surface area contributed by atoms with Crippen molar-refractivity contribution in [3.63, 3.8) is 0 Å². The van der Waals surface area contributed by atoms with Gasteiger partial charge < -0.3 is 10.6 Å². The monoisotopic (exact) mass is 339 g/mol. The molecule has 6 nitrogen and oxygen atoms in total. The molecule has 1 aromatic rings. The third-order valence-corrected chi connectivity index (χ3v) is 5.58. The molecule has 0 radical (unpaired) electrons. The van der Waals surface area contributed by atoms with Crippen molar-refractivity contribution in [2.45, 2.75) is 38.8 Å². The van der Waals surface area contributed by atoms with E-state index in [1.54, 1.807) is 31.2 Å². The van der Waals surface area contributed by atoms with Gasteiger partial charge in [-0.3, -0.25) is 4.79 Å². The van der Waals surface area contributed by atoms with Crippen molar-refractivity contribution in [2.24, 2.45) is 5.73 Å². The molecule has 0 bridgehead atoms. The summed E-state index contributed by atoms with van der Waals surface area (Å²) in [4.78, 5) is 14.5. The van der Waals surface area contributed by atoms with Gasteiger partial charge in [-0.1, -0.05) is 12.1 Å². The van der Waals surface area contributed by atoms with Crippen molar-refractivity contribution in [3.8, 4) is 0 Å². The lowest BCUT2D eigenvalue weighted by Crippen LogP contribution is -2.47. The maximum atomic E-state index is 12.6. The normalized spacial score (nSPS) is 18.9. The van der Waals surface area contributed by atoms with Gasteiger partial charge in [0.15, 0.2) is 0 Å². The molecule has 3 N–H and O–H groups in total. The van der Waals surface area contributed by atoms with Gasteiger partial charge in [0.25, 0.3) is 5.91 Å². The van der Waals surface area contributed by atoms with Crippen molar-refractivity contribution in [1.29, 1.82) is 0 Å². The average Bonchev–Trinajstić information content (AvgIpc) is 2.60. The summed E-state index contributed by atoms with van der Waals surface area (Å²) in [5, 5.41) is 0. The number of likely N-dealkylation sites (tertiary alicyclic amines) is 1. The second kappa shape index (κ2) is 7.90. The second-order valence-electron chi connectivity index (χ2n) is 5.81. The van der Waals surface area contributed by atoms with Crippen molar-refractivity contribution < 1.29 is 13.2 Å². The standard InChI is InChI=1S/C16H25N3O3S/c1-2-23(21,22)18-12-13-6-8-14(9-7-13)16(20)19-10-4-3-5-15(19)11-17/h6-9,15,18H,2-5,10-12,17H2,1H3. The molecule has 1 aliphatic heterocycles. The largest absolute Gasteiger partial charge is 0.334 e. The number of nitrogens with one attached hydrogen (secondary N) is 1. The van der Waals surface area contributed by atoms with Crippen LogP contribution in [0.2, 0.25) is 0 Å². The highest BCUT2D eigenvalue weighted by atomic mass is 32.2. The Balaban J connectivity index is 2.02. The fraction of sp³-hybridized carbons (Fsp3) is 0.562. The molecule has 1 aromatic carbocycles. The first-order valence-electron chi connectivity index (χ1n) is 8.04. The van der Waals surface area contributed by atoms with E-state index < -0.39 is 10.0 Å². The van der Waals surface area contributed by atoms with Crippen molar-refractivity contribution in [3.05, 3.63) is 35.4 Å². The molecule has 0 aromatic heterocycles. The lowest BCUT2D eigenvalue weighted by molar-refractivity contribution is 0.0623. The smallest absolute Gasteiger partial charge is 0.254 e. The predicted molar refractivity (Wildman–Crippen MR) is 90.5 cm³/mol. The Bertz CT molecular complexity index is 628. The summed E-state index contributed by atoms with van der Waals surface area (Å²) in [5.41, 5.74) is 7.21. The highest BCUT2D eigenvalue weighted by Crippen LogP contribution is 2.19. The highest BCUT2D eigenvalue weighted by Gasteiger charge is 2.26. The first kappa shape index (κ1) is 17.9. The fourth-order valence-corrected chi connectivity index (χ4v) is 3.33. The molecule has 0 saturated carbocycles. The zero-order valence-corrected chi connectivity index (χ0v) is 14.3. The van der Waals surface area contributed by atoms with Crippen LogP contribution in [0.1, 0.15) is 42.1 Å². The molecule has 7 heteroatoms. The van der Waals surface area contributed by atoms with E-state index in [-0.39, 0.29) is 24.2 Å². The SMILES string of the molecule is CCS(=O)(=O)NCc1ccc(C(=O)N2CCCCC2CN)cc1. The summed E-state index contributed by atoms with van der Waals surface area (Å²) in [6.07, 6.45) is 3.08. The average molecular weight is 339 g/mol. The quantitative estimate of drug-likeness (QED) is 0.811. The van der Waals surface area contributed by atoms with Gasteiger partial charge in [0, 0.05) is 31.2 Å². The Morgan fingerprint density at radius 3 is 2.61 bits per heavy atom. The van der Waals surface area contributed by atoms with E-state index in [0.29, 0.717) is 12.1 Å². The molecule has 128 valence electrons. The zero-order valence-electron chi connectivity index (χ0n) is 13.5. The van der Waals surface area contributed by atoms with Gasteiger partial charge in [-0.05, 0) is 43.9 Å². The lowest BCUT2D eigenvalue weighted by Gasteiger charge is -2.35. The maximum Gasteiger partial charge on any atom is 0.254 e. The molecule has 1 saturated heterocycles. The Labute approximate surface area is 138 Å².